The Hall–Kier alpha value is -0.340. The summed E-state index contributed by atoms with van der Waals surface area (Å²) >= 11 is 3.52. The Bertz CT molecular complexity index is 404. The van der Waals surface area contributed by atoms with Crippen LogP contribution in [0.25, 0.3) is 0 Å². The molecule has 2 aliphatic carbocycles. The largest absolute Gasteiger partial charge is 0.313 e. The molecule has 0 aromatic heterocycles. The number of hydrogen-bond donors (Lipinski definition) is 1. The fourth-order valence-corrected chi connectivity index (χ4v) is 3.96. The van der Waals surface area contributed by atoms with Crippen LogP contribution in [0.15, 0.2) is 28.7 Å². The highest BCUT2D eigenvalue weighted by atomic mass is 79.9. The van der Waals surface area contributed by atoms with Gasteiger partial charge in [0.15, 0.2) is 0 Å². The summed E-state index contributed by atoms with van der Waals surface area (Å²) in [6.07, 6.45) is 6.90. The average molecular weight is 322 g/mol. The summed E-state index contributed by atoms with van der Waals surface area (Å²) < 4.78 is 1.18. The summed E-state index contributed by atoms with van der Waals surface area (Å²) in [5.74, 6) is 3.08. The second kappa shape index (κ2) is 5.97. The molecule has 3 rings (SSSR count). The zero-order valence-corrected chi connectivity index (χ0v) is 13.3. The number of fused-ring (bicyclic) bond motifs is 1. The number of benzene rings is 1. The van der Waals surface area contributed by atoms with Crippen molar-refractivity contribution in [2.75, 3.05) is 6.54 Å². The molecule has 19 heavy (non-hydrogen) atoms. The molecule has 3 unspecified atom stereocenters. The number of hydrogen-bond acceptors (Lipinski definition) is 1. The maximum absolute atomic E-state index is 3.80. The van der Waals surface area contributed by atoms with Crippen molar-refractivity contribution in [1.29, 1.82) is 0 Å². The van der Waals surface area contributed by atoms with Gasteiger partial charge in [-0.05, 0) is 74.1 Å². The quantitative estimate of drug-likeness (QED) is 0.818. The lowest BCUT2D eigenvalue weighted by Crippen LogP contribution is -2.38. The number of halogens is 1. The lowest BCUT2D eigenvalue weighted by Gasteiger charge is -2.26. The van der Waals surface area contributed by atoms with Crippen LogP contribution in [0.4, 0.5) is 0 Å². The van der Waals surface area contributed by atoms with Crippen LogP contribution in [-0.4, -0.2) is 12.6 Å². The van der Waals surface area contributed by atoms with Gasteiger partial charge in [0.2, 0.25) is 0 Å². The van der Waals surface area contributed by atoms with Gasteiger partial charge < -0.3 is 5.32 Å². The summed E-state index contributed by atoms with van der Waals surface area (Å²) in [6, 6.07) is 9.55. The van der Waals surface area contributed by atoms with Crippen LogP contribution in [0.2, 0.25) is 0 Å². The molecule has 1 aromatic rings. The van der Waals surface area contributed by atoms with E-state index in [9.17, 15) is 0 Å². The molecule has 0 spiro atoms. The Balaban J connectivity index is 1.62. The predicted molar refractivity (Wildman–Crippen MR) is 84.2 cm³/mol. The van der Waals surface area contributed by atoms with Gasteiger partial charge in [0.25, 0.3) is 0 Å². The predicted octanol–water partition coefficient (Wildman–Crippen LogP) is 4.41. The van der Waals surface area contributed by atoms with Gasteiger partial charge in [-0.3, -0.25) is 0 Å². The maximum Gasteiger partial charge on any atom is 0.0175 e. The van der Waals surface area contributed by atoms with Crippen molar-refractivity contribution in [2.45, 2.75) is 45.1 Å². The molecule has 1 N–H and O–H groups in total. The van der Waals surface area contributed by atoms with Crippen LogP contribution in [-0.2, 0) is 6.42 Å². The molecule has 3 atom stereocenters. The molecule has 1 nitrogen and oxygen atoms in total. The van der Waals surface area contributed by atoms with Crippen LogP contribution in [0, 0.1) is 17.8 Å². The third-order valence-electron chi connectivity index (χ3n) is 4.87. The van der Waals surface area contributed by atoms with E-state index in [1.54, 1.807) is 0 Å². The first-order valence-electron chi connectivity index (χ1n) is 7.74. The molecule has 0 bridgehead atoms. The monoisotopic (exact) mass is 321 g/mol. The van der Waals surface area contributed by atoms with Crippen molar-refractivity contribution in [2.24, 2.45) is 17.8 Å². The van der Waals surface area contributed by atoms with E-state index in [2.05, 4.69) is 52.4 Å². The van der Waals surface area contributed by atoms with E-state index in [0.717, 1.165) is 24.3 Å². The zero-order chi connectivity index (χ0) is 13.2. The van der Waals surface area contributed by atoms with Gasteiger partial charge >= 0.3 is 0 Å². The summed E-state index contributed by atoms with van der Waals surface area (Å²) in [5.41, 5.74) is 1.47. The molecule has 2 fully saturated rings. The summed E-state index contributed by atoms with van der Waals surface area (Å²) in [4.78, 5) is 0. The first-order chi connectivity index (χ1) is 9.26. The fourth-order valence-electron chi connectivity index (χ4n) is 3.70. The smallest absolute Gasteiger partial charge is 0.0175 e. The zero-order valence-electron chi connectivity index (χ0n) is 11.7. The van der Waals surface area contributed by atoms with Crippen LogP contribution >= 0.6 is 15.9 Å². The minimum absolute atomic E-state index is 0.689. The van der Waals surface area contributed by atoms with Gasteiger partial charge in [-0.1, -0.05) is 35.0 Å². The summed E-state index contributed by atoms with van der Waals surface area (Å²) in [5, 5.41) is 3.80. The first-order valence-corrected chi connectivity index (χ1v) is 8.53. The van der Waals surface area contributed by atoms with E-state index in [1.807, 2.05) is 0 Å². The van der Waals surface area contributed by atoms with Gasteiger partial charge in [0.1, 0.15) is 0 Å². The highest BCUT2D eigenvalue weighted by molar-refractivity contribution is 9.10. The number of nitrogens with one attached hydrogen (secondary N) is 1. The molecular weight excluding hydrogens is 298 g/mol. The molecule has 2 saturated carbocycles. The third-order valence-corrected chi connectivity index (χ3v) is 5.40. The molecule has 104 valence electrons. The maximum atomic E-state index is 3.80. The van der Waals surface area contributed by atoms with E-state index in [0.29, 0.717) is 6.04 Å². The molecule has 0 amide bonds. The van der Waals surface area contributed by atoms with E-state index in [1.165, 1.54) is 42.1 Å². The Morgan fingerprint density at radius 2 is 1.84 bits per heavy atom. The Kier molecular flexibility index (Phi) is 4.28. The highest BCUT2D eigenvalue weighted by Crippen LogP contribution is 2.55. The van der Waals surface area contributed by atoms with Crippen molar-refractivity contribution >= 4 is 15.9 Å². The molecule has 0 aliphatic heterocycles. The Labute approximate surface area is 125 Å². The molecule has 0 heterocycles. The van der Waals surface area contributed by atoms with E-state index in [-0.39, 0.29) is 0 Å². The normalized spacial score (nSPS) is 30.1. The van der Waals surface area contributed by atoms with Gasteiger partial charge in [-0.15, -0.1) is 0 Å². The van der Waals surface area contributed by atoms with Gasteiger partial charge in [-0.2, -0.15) is 0 Å². The van der Waals surface area contributed by atoms with Crippen LogP contribution in [0.3, 0.4) is 0 Å². The molecule has 2 heteroatoms. The molecule has 1 aromatic carbocycles. The van der Waals surface area contributed by atoms with E-state index >= 15 is 0 Å². The van der Waals surface area contributed by atoms with Crippen LogP contribution in [0.1, 0.15) is 38.2 Å². The Morgan fingerprint density at radius 3 is 2.47 bits per heavy atom. The topological polar surface area (TPSA) is 12.0 Å². The van der Waals surface area contributed by atoms with Crippen molar-refractivity contribution in [3.63, 3.8) is 0 Å². The van der Waals surface area contributed by atoms with Crippen LogP contribution in [0.5, 0.6) is 0 Å². The molecular formula is C17H24BrN. The van der Waals surface area contributed by atoms with Crippen molar-refractivity contribution < 1.29 is 0 Å². The lowest BCUT2D eigenvalue weighted by atomic mass is 9.89. The fraction of sp³-hybridized carbons (Fsp3) is 0.647. The van der Waals surface area contributed by atoms with E-state index in [4.69, 9.17) is 0 Å². The third kappa shape index (κ3) is 3.41. The van der Waals surface area contributed by atoms with Gasteiger partial charge in [-0.25, -0.2) is 0 Å². The minimum Gasteiger partial charge on any atom is -0.313 e. The lowest BCUT2D eigenvalue weighted by molar-refractivity contribution is 0.332. The minimum atomic E-state index is 0.689. The molecule has 0 saturated heterocycles. The molecule has 0 radical (unpaired) electrons. The summed E-state index contributed by atoms with van der Waals surface area (Å²) in [7, 11) is 0. The highest BCUT2D eigenvalue weighted by Gasteiger charge is 2.47. The van der Waals surface area contributed by atoms with Gasteiger partial charge in [0.05, 0.1) is 0 Å². The van der Waals surface area contributed by atoms with Gasteiger partial charge in [0, 0.05) is 10.5 Å². The second-order valence-corrected chi connectivity index (χ2v) is 7.29. The summed E-state index contributed by atoms with van der Waals surface area (Å²) in [6.45, 7) is 3.42. The average Bonchev–Trinajstić information content (AvgIpc) is 3.03. The van der Waals surface area contributed by atoms with E-state index < -0.39 is 0 Å². The standard InChI is InChI=1S/C17H24BrN/c1-2-7-19-17(15-10-13-9-14(13)11-15)8-12-3-5-16(18)6-4-12/h3-6,13-15,17,19H,2,7-11H2,1H3. The van der Waals surface area contributed by atoms with Crippen molar-refractivity contribution in [1.82, 2.24) is 5.32 Å². The SMILES string of the molecule is CCCNC(Cc1ccc(Br)cc1)C1CC2CC2C1. The number of rotatable bonds is 6. The van der Waals surface area contributed by atoms with Crippen LogP contribution < -0.4 is 5.32 Å². The second-order valence-electron chi connectivity index (χ2n) is 6.38. The first kappa shape index (κ1) is 13.6. The van der Waals surface area contributed by atoms with Crippen molar-refractivity contribution in [3.8, 4) is 0 Å². The molecule has 2 aliphatic rings. The Morgan fingerprint density at radius 1 is 1.16 bits per heavy atom. The van der Waals surface area contributed by atoms with Crippen molar-refractivity contribution in [3.05, 3.63) is 34.3 Å².